The van der Waals surface area contributed by atoms with Crippen molar-refractivity contribution in [2.24, 2.45) is 0 Å². The van der Waals surface area contributed by atoms with Crippen molar-refractivity contribution in [2.45, 2.75) is 38.1 Å². The molecule has 3 aromatic rings. The molecule has 3 heterocycles. The molecule has 6 heteroatoms. The van der Waals surface area contributed by atoms with E-state index in [-0.39, 0.29) is 11.9 Å². The summed E-state index contributed by atoms with van der Waals surface area (Å²) in [5.74, 6) is 0.827. The Morgan fingerprint density at radius 3 is 2.88 bits per heavy atom. The Balaban J connectivity index is 1.57. The summed E-state index contributed by atoms with van der Waals surface area (Å²) < 4.78 is 5.48. The van der Waals surface area contributed by atoms with E-state index in [2.05, 4.69) is 15.1 Å². The highest BCUT2D eigenvalue weighted by Crippen LogP contribution is 2.35. The van der Waals surface area contributed by atoms with Gasteiger partial charge in [0.25, 0.3) is 5.91 Å². The Labute approximate surface area is 151 Å². The number of hydrogen-bond donors (Lipinski definition) is 1. The van der Waals surface area contributed by atoms with Gasteiger partial charge in [-0.1, -0.05) is 35.5 Å². The van der Waals surface area contributed by atoms with Crippen LogP contribution in [0.4, 0.5) is 0 Å². The SMILES string of the molecule is O=C(c1noc2c1CCCC2)N1CCc2[nH]cnc2[C@@H]1c1ccccc1. The van der Waals surface area contributed by atoms with Gasteiger partial charge in [0.15, 0.2) is 5.69 Å². The molecule has 1 atom stereocenters. The maximum absolute atomic E-state index is 13.4. The fraction of sp³-hybridized carbons (Fsp3) is 0.350. The summed E-state index contributed by atoms with van der Waals surface area (Å²) in [5, 5.41) is 4.15. The first-order valence-corrected chi connectivity index (χ1v) is 9.18. The van der Waals surface area contributed by atoms with Gasteiger partial charge in [-0.15, -0.1) is 0 Å². The molecule has 5 rings (SSSR count). The van der Waals surface area contributed by atoms with Gasteiger partial charge in [0.2, 0.25) is 0 Å². The van der Waals surface area contributed by atoms with Crippen molar-refractivity contribution in [3.8, 4) is 0 Å². The number of H-pyrrole nitrogens is 1. The fourth-order valence-corrected chi connectivity index (χ4v) is 4.16. The Kier molecular flexibility index (Phi) is 3.62. The predicted molar refractivity (Wildman–Crippen MR) is 94.8 cm³/mol. The molecule has 0 fully saturated rings. The molecule has 26 heavy (non-hydrogen) atoms. The number of aryl methyl sites for hydroxylation is 1. The standard InChI is InChI=1S/C20H20N4O2/c25-20(17-14-8-4-5-9-16(14)26-23-17)24-11-10-15-18(22-12-21-15)19(24)13-6-2-1-3-7-13/h1-3,6-7,12,19H,4-5,8-11H2,(H,21,22)/t19-/m0/s1. The zero-order valence-electron chi connectivity index (χ0n) is 14.4. The lowest BCUT2D eigenvalue weighted by atomic mass is 9.93. The number of nitrogens with one attached hydrogen (secondary N) is 1. The molecule has 0 unspecified atom stereocenters. The second-order valence-corrected chi connectivity index (χ2v) is 6.97. The minimum Gasteiger partial charge on any atom is -0.360 e. The average Bonchev–Trinajstić information content (AvgIpc) is 3.34. The number of nitrogens with zero attached hydrogens (tertiary/aromatic N) is 3. The van der Waals surface area contributed by atoms with Crippen molar-refractivity contribution in [3.05, 3.63) is 70.6 Å². The third-order valence-electron chi connectivity index (χ3n) is 5.45. The zero-order chi connectivity index (χ0) is 17.5. The second kappa shape index (κ2) is 6.12. The Morgan fingerprint density at radius 1 is 1.15 bits per heavy atom. The molecule has 0 saturated carbocycles. The van der Waals surface area contributed by atoms with E-state index in [0.29, 0.717) is 12.2 Å². The molecule has 2 aliphatic rings. The topological polar surface area (TPSA) is 75.0 Å². The van der Waals surface area contributed by atoms with Crippen LogP contribution in [-0.2, 0) is 19.3 Å². The minimum atomic E-state index is -0.199. The van der Waals surface area contributed by atoms with Gasteiger partial charge in [0, 0.05) is 30.6 Å². The number of rotatable bonds is 2. The average molecular weight is 348 g/mol. The maximum atomic E-state index is 13.4. The first kappa shape index (κ1) is 15.4. The van der Waals surface area contributed by atoms with Crippen LogP contribution < -0.4 is 0 Å². The van der Waals surface area contributed by atoms with E-state index in [0.717, 1.165) is 60.4 Å². The summed E-state index contributed by atoms with van der Waals surface area (Å²) in [4.78, 5) is 23.0. The van der Waals surface area contributed by atoms with Gasteiger partial charge in [-0.05, 0) is 24.8 Å². The van der Waals surface area contributed by atoms with Crippen molar-refractivity contribution in [2.75, 3.05) is 6.54 Å². The van der Waals surface area contributed by atoms with Crippen molar-refractivity contribution in [3.63, 3.8) is 0 Å². The minimum absolute atomic E-state index is 0.0561. The number of benzene rings is 1. The molecule has 1 aliphatic heterocycles. The fourth-order valence-electron chi connectivity index (χ4n) is 4.16. The number of hydrogen-bond acceptors (Lipinski definition) is 4. The smallest absolute Gasteiger partial charge is 0.277 e. The van der Waals surface area contributed by atoms with Crippen LogP contribution in [-0.4, -0.2) is 32.5 Å². The van der Waals surface area contributed by atoms with Crippen molar-refractivity contribution in [1.82, 2.24) is 20.0 Å². The lowest BCUT2D eigenvalue weighted by Crippen LogP contribution is -2.41. The first-order valence-electron chi connectivity index (χ1n) is 9.18. The number of amides is 1. The van der Waals surface area contributed by atoms with E-state index in [1.54, 1.807) is 6.33 Å². The summed E-state index contributed by atoms with van der Waals surface area (Å²) in [6.07, 6.45) is 6.42. The first-order chi connectivity index (χ1) is 12.8. The molecule has 0 bridgehead atoms. The summed E-state index contributed by atoms with van der Waals surface area (Å²) in [6, 6.07) is 9.88. The van der Waals surface area contributed by atoms with Crippen molar-refractivity contribution >= 4 is 5.91 Å². The second-order valence-electron chi connectivity index (χ2n) is 6.97. The molecule has 132 valence electrons. The quantitative estimate of drug-likeness (QED) is 0.772. The van der Waals surface area contributed by atoms with Gasteiger partial charge in [0.05, 0.1) is 12.0 Å². The summed E-state index contributed by atoms with van der Waals surface area (Å²) in [7, 11) is 0. The van der Waals surface area contributed by atoms with E-state index in [1.807, 2.05) is 35.2 Å². The van der Waals surface area contributed by atoms with Gasteiger partial charge >= 0.3 is 0 Å². The molecule has 1 aromatic carbocycles. The van der Waals surface area contributed by atoms with Crippen LogP contribution in [0.15, 0.2) is 41.2 Å². The van der Waals surface area contributed by atoms with Gasteiger partial charge in [-0.3, -0.25) is 4.79 Å². The number of imidazole rings is 1. The van der Waals surface area contributed by atoms with Crippen molar-refractivity contribution < 1.29 is 9.32 Å². The summed E-state index contributed by atoms with van der Waals surface area (Å²) in [5.41, 5.74) is 4.57. The number of aromatic nitrogens is 3. The highest BCUT2D eigenvalue weighted by Gasteiger charge is 2.37. The van der Waals surface area contributed by atoms with Crippen LogP contribution in [0.1, 0.15) is 57.6 Å². The van der Waals surface area contributed by atoms with Crippen molar-refractivity contribution in [1.29, 1.82) is 0 Å². The van der Waals surface area contributed by atoms with E-state index < -0.39 is 0 Å². The molecule has 1 N–H and O–H groups in total. The Bertz CT molecular complexity index is 944. The van der Waals surface area contributed by atoms with Gasteiger partial charge in [0.1, 0.15) is 11.8 Å². The van der Waals surface area contributed by atoms with Crippen LogP contribution in [0.2, 0.25) is 0 Å². The lowest BCUT2D eigenvalue weighted by molar-refractivity contribution is 0.0679. The summed E-state index contributed by atoms with van der Waals surface area (Å²) in [6.45, 7) is 0.634. The number of aromatic amines is 1. The number of carbonyl (C=O) groups is 1. The van der Waals surface area contributed by atoms with Crippen LogP contribution in [0.25, 0.3) is 0 Å². The Morgan fingerprint density at radius 2 is 2.00 bits per heavy atom. The molecule has 0 radical (unpaired) electrons. The van der Waals surface area contributed by atoms with Gasteiger partial charge in [-0.25, -0.2) is 4.98 Å². The third kappa shape index (κ3) is 2.36. The van der Waals surface area contributed by atoms with Gasteiger partial charge in [-0.2, -0.15) is 0 Å². The highest BCUT2D eigenvalue weighted by atomic mass is 16.5. The molecule has 6 nitrogen and oxygen atoms in total. The van der Waals surface area contributed by atoms with Crippen LogP contribution >= 0.6 is 0 Å². The third-order valence-corrected chi connectivity index (χ3v) is 5.45. The highest BCUT2D eigenvalue weighted by molar-refractivity contribution is 5.94. The lowest BCUT2D eigenvalue weighted by Gasteiger charge is -2.35. The van der Waals surface area contributed by atoms with E-state index in [1.165, 1.54) is 0 Å². The number of carbonyl (C=O) groups excluding carboxylic acids is 1. The molecule has 1 aliphatic carbocycles. The maximum Gasteiger partial charge on any atom is 0.277 e. The molecular formula is C20H20N4O2. The molecule has 0 spiro atoms. The summed E-state index contributed by atoms with van der Waals surface area (Å²) >= 11 is 0. The van der Waals surface area contributed by atoms with E-state index in [4.69, 9.17) is 4.52 Å². The monoisotopic (exact) mass is 348 g/mol. The molecule has 2 aromatic heterocycles. The molecule has 0 saturated heterocycles. The van der Waals surface area contributed by atoms with Crippen LogP contribution in [0.5, 0.6) is 0 Å². The Hall–Kier alpha value is -2.89. The van der Waals surface area contributed by atoms with E-state index >= 15 is 0 Å². The predicted octanol–water partition coefficient (Wildman–Crippen LogP) is 3.06. The van der Waals surface area contributed by atoms with Gasteiger partial charge < -0.3 is 14.4 Å². The number of fused-ring (bicyclic) bond motifs is 2. The zero-order valence-corrected chi connectivity index (χ0v) is 14.4. The largest absolute Gasteiger partial charge is 0.360 e. The van der Waals surface area contributed by atoms with Crippen LogP contribution in [0.3, 0.4) is 0 Å². The normalized spacial score (nSPS) is 19.1. The molecular weight excluding hydrogens is 328 g/mol. The van der Waals surface area contributed by atoms with Crippen LogP contribution in [0, 0.1) is 0 Å². The molecule has 1 amide bonds. The van der Waals surface area contributed by atoms with E-state index in [9.17, 15) is 4.79 Å².